The molecular weight excluding hydrogens is 352 g/mol. The van der Waals surface area contributed by atoms with Crippen LogP contribution in [0.15, 0.2) is 66.9 Å². The number of nitrogens with zero attached hydrogens (tertiary/aromatic N) is 2. The third kappa shape index (κ3) is 5.54. The maximum absolute atomic E-state index is 12.6. The van der Waals surface area contributed by atoms with Crippen LogP contribution < -0.4 is 15.4 Å². The molecule has 1 amide bonds. The predicted octanol–water partition coefficient (Wildman–Crippen LogP) is 4.17. The van der Waals surface area contributed by atoms with Crippen molar-refractivity contribution >= 4 is 17.5 Å². The summed E-state index contributed by atoms with van der Waals surface area (Å²) in [5, 5.41) is 6.02. The molecule has 1 aromatic heterocycles. The average Bonchev–Trinajstić information content (AvgIpc) is 2.70. The number of rotatable bonds is 8. The first-order valence-corrected chi connectivity index (χ1v) is 9.29. The normalized spacial score (nSPS) is 10.5. The first-order valence-electron chi connectivity index (χ1n) is 9.29. The van der Waals surface area contributed by atoms with E-state index in [0.29, 0.717) is 23.9 Å². The predicted molar refractivity (Wildman–Crippen MR) is 111 cm³/mol. The van der Waals surface area contributed by atoms with Gasteiger partial charge >= 0.3 is 0 Å². The van der Waals surface area contributed by atoms with E-state index >= 15 is 0 Å². The van der Waals surface area contributed by atoms with Crippen LogP contribution in [-0.4, -0.2) is 28.5 Å². The second-order valence-corrected chi connectivity index (χ2v) is 6.54. The Balaban J connectivity index is 1.62. The standard InChI is InChI=1S/C22H24N4O2/c1-16(2)28-20-11-7-6-10-18(20)25-21(27)19-13-15-24-22(26-19)23-14-12-17-8-4-3-5-9-17/h3-11,13,15-16H,12,14H2,1-2H3,(H,25,27)(H,23,24,26). The Hall–Kier alpha value is -3.41. The van der Waals surface area contributed by atoms with Crippen LogP contribution in [0.2, 0.25) is 0 Å². The molecule has 0 aliphatic rings. The van der Waals surface area contributed by atoms with Gasteiger partial charge in [0.2, 0.25) is 5.95 Å². The van der Waals surface area contributed by atoms with Gasteiger partial charge in [-0.2, -0.15) is 0 Å². The van der Waals surface area contributed by atoms with Gasteiger partial charge in [0.15, 0.2) is 0 Å². The minimum Gasteiger partial charge on any atom is -0.489 e. The molecule has 1 heterocycles. The lowest BCUT2D eigenvalue weighted by Gasteiger charge is -2.14. The van der Waals surface area contributed by atoms with E-state index < -0.39 is 0 Å². The number of hydrogen-bond donors (Lipinski definition) is 2. The highest BCUT2D eigenvalue weighted by Gasteiger charge is 2.12. The van der Waals surface area contributed by atoms with Crippen LogP contribution in [0.25, 0.3) is 0 Å². The first kappa shape index (κ1) is 19.4. The zero-order valence-electron chi connectivity index (χ0n) is 16.1. The van der Waals surface area contributed by atoms with Crippen LogP contribution in [0.4, 0.5) is 11.6 Å². The summed E-state index contributed by atoms with van der Waals surface area (Å²) in [7, 11) is 0. The van der Waals surface area contributed by atoms with Gasteiger partial charge in [0.05, 0.1) is 11.8 Å². The Morgan fingerprint density at radius 1 is 1.04 bits per heavy atom. The highest BCUT2D eigenvalue weighted by Crippen LogP contribution is 2.25. The van der Waals surface area contributed by atoms with Crippen molar-refractivity contribution in [3.8, 4) is 5.75 Å². The molecule has 0 saturated heterocycles. The Kier molecular flexibility index (Phi) is 6.57. The van der Waals surface area contributed by atoms with Gasteiger partial charge in [-0.25, -0.2) is 9.97 Å². The fraction of sp³-hybridized carbons (Fsp3) is 0.227. The molecule has 0 saturated carbocycles. The zero-order chi connectivity index (χ0) is 19.8. The van der Waals surface area contributed by atoms with Crippen LogP contribution in [0.3, 0.4) is 0 Å². The molecular formula is C22H24N4O2. The quantitative estimate of drug-likeness (QED) is 0.617. The number of hydrogen-bond acceptors (Lipinski definition) is 5. The number of carbonyl (C=O) groups is 1. The summed E-state index contributed by atoms with van der Waals surface area (Å²) in [4.78, 5) is 21.1. The smallest absolute Gasteiger partial charge is 0.274 e. The number of para-hydroxylation sites is 2. The van der Waals surface area contributed by atoms with Gasteiger partial charge in [0.25, 0.3) is 5.91 Å². The molecule has 0 fully saturated rings. The molecule has 3 rings (SSSR count). The zero-order valence-corrected chi connectivity index (χ0v) is 16.1. The summed E-state index contributed by atoms with van der Waals surface area (Å²) < 4.78 is 5.74. The third-order valence-electron chi connectivity index (χ3n) is 3.93. The summed E-state index contributed by atoms with van der Waals surface area (Å²) in [6.07, 6.45) is 2.43. The molecule has 0 unspecified atom stereocenters. The molecule has 6 heteroatoms. The second kappa shape index (κ2) is 9.50. The highest BCUT2D eigenvalue weighted by molar-refractivity contribution is 6.03. The molecule has 0 bridgehead atoms. The number of amides is 1. The Labute approximate surface area is 165 Å². The van der Waals surface area contributed by atoms with E-state index in [9.17, 15) is 4.79 Å². The van der Waals surface area contributed by atoms with Gasteiger partial charge in [-0.15, -0.1) is 0 Å². The molecule has 0 atom stereocenters. The van der Waals surface area contributed by atoms with Crippen LogP contribution in [0.1, 0.15) is 29.9 Å². The van der Waals surface area contributed by atoms with Crippen molar-refractivity contribution in [2.75, 3.05) is 17.2 Å². The van der Waals surface area contributed by atoms with Gasteiger partial charge in [-0.1, -0.05) is 42.5 Å². The number of benzene rings is 2. The molecule has 144 valence electrons. The minimum absolute atomic E-state index is 0.0116. The fourth-order valence-electron chi connectivity index (χ4n) is 2.65. The van der Waals surface area contributed by atoms with E-state index in [0.717, 1.165) is 6.42 Å². The average molecular weight is 376 g/mol. The van der Waals surface area contributed by atoms with E-state index in [1.54, 1.807) is 18.3 Å². The number of aromatic nitrogens is 2. The van der Waals surface area contributed by atoms with E-state index in [-0.39, 0.29) is 17.7 Å². The number of nitrogens with one attached hydrogen (secondary N) is 2. The SMILES string of the molecule is CC(C)Oc1ccccc1NC(=O)c1ccnc(NCCc2ccccc2)n1. The monoisotopic (exact) mass is 376 g/mol. The van der Waals surface area contributed by atoms with Gasteiger partial charge < -0.3 is 15.4 Å². The number of anilines is 2. The van der Waals surface area contributed by atoms with Crippen LogP contribution >= 0.6 is 0 Å². The maximum atomic E-state index is 12.6. The summed E-state index contributed by atoms with van der Waals surface area (Å²) >= 11 is 0. The molecule has 0 aliphatic heterocycles. The Morgan fingerprint density at radius 2 is 1.79 bits per heavy atom. The lowest BCUT2D eigenvalue weighted by molar-refractivity contribution is 0.102. The maximum Gasteiger partial charge on any atom is 0.274 e. The topological polar surface area (TPSA) is 76.1 Å². The van der Waals surface area contributed by atoms with Crippen molar-refractivity contribution < 1.29 is 9.53 Å². The largest absolute Gasteiger partial charge is 0.489 e. The van der Waals surface area contributed by atoms with Crippen molar-refractivity contribution in [2.45, 2.75) is 26.4 Å². The van der Waals surface area contributed by atoms with Gasteiger partial charge in [-0.05, 0) is 44.0 Å². The first-order chi connectivity index (χ1) is 13.6. The summed E-state index contributed by atoms with van der Waals surface area (Å²) in [6, 6.07) is 19.1. The van der Waals surface area contributed by atoms with E-state index in [2.05, 4.69) is 32.7 Å². The van der Waals surface area contributed by atoms with Crippen molar-refractivity contribution in [1.82, 2.24) is 9.97 Å². The minimum atomic E-state index is -0.312. The molecule has 3 aromatic rings. The second-order valence-electron chi connectivity index (χ2n) is 6.54. The van der Waals surface area contributed by atoms with Crippen molar-refractivity contribution in [1.29, 1.82) is 0 Å². The fourth-order valence-corrected chi connectivity index (χ4v) is 2.65. The highest BCUT2D eigenvalue weighted by atomic mass is 16.5. The molecule has 0 aliphatic carbocycles. The molecule has 6 nitrogen and oxygen atoms in total. The van der Waals surface area contributed by atoms with E-state index in [1.807, 2.05) is 50.2 Å². The number of ether oxygens (including phenoxy) is 1. The summed E-state index contributed by atoms with van der Waals surface area (Å²) in [5.74, 6) is 0.740. The van der Waals surface area contributed by atoms with Gasteiger partial charge in [0.1, 0.15) is 11.4 Å². The summed E-state index contributed by atoms with van der Waals surface area (Å²) in [5.41, 5.74) is 2.13. The number of carbonyl (C=O) groups excluding carboxylic acids is 1. The van der Waals surface area contributed by atoms with Crippen molar-refractivity contribution in [3.05, 3.63) is 78.1 Å². The molecule has 2 N–H and O–H groups in total. The van der Waals surface area contributed by atoms with E-state index in [1.165, 1.54) is 5.56 Å². The molecule has 0 spiro atoms. The molecule has 2 aromatic carbocycles. The summed E-state index contributed by atoms with van der Waals surface area (Å²) in [6.45, 7) is 4.56. The Bertz CT molecular complexity index is 913. The van der Waals surface area contributed by atoms with Crippen molar-refractivity contribution in [2.24, 2.45) is 0 Å². The molecule has 0 radical (unpaired) electrons. The third-order valence-corrected chi connectivity index (χ3v) is 3.93. The molecule has 28 heavy (non-hydrogen) atoms. The lowest BCUT2D eigenvalue weighted by atomic mass is 10.1. The van der Waals surface area contributed by atoms with Crippen molar-refractivity contribution in [3.63, 3.8) is 0 Å². The lowest BCUT2D eigenvalue weighted by Crippen LogP contribution is -2.17. The van der Waals surface area contributed by atoms with Gasteiger partial charge in [-0.3, -0.25) is 4.79 Å². The van der Waals surface area contributed by atoms with Crippen LogP contribution in [0, 0.1) is 0 Å². The van der Waals surface area contributed by atoms with Gasteiger partial charge in [0, 0.05) is 12.7 Å². The van der Waals surface area contributed by atoms with Crippen LogP contribution in [-0.2, 0) is 6.42 Å². The Morgan fingerprint density at radius 3 is 2.57 bits per heavy atom. The van der Waals surface area contributed by atoms with E-state index in [4.69, 9.17) is 4.74 Å². The van der Waals surface area contributed by atoms with Crippen LogP contribution in [0.5, 0.6) is 5.75 Å².